The average molecular weight is 312 g/mol. The van der Waals surface area contributed by atoms with Gasteiger partial charge in [0.05, 0.1) is 5.25 Å². The first-order valence-electron chi connectivity index (χ1n) is 5.94. The Labute approximate surface area is 126 Å². The third kappa shape index (κ3) is 3.52. The molecule has 1 atom stereocenters. The van der Waals surface area contributed by atoms with E-state index in [9.17, 15) is 4.79 Å². The van der Waals surface area contributed by atoms with E-state index in [0.29, 0.717) is 16.1 Å². The zero-order valence-electron chi connectivity index (χ0n) is 11.3. The second kappa shape index (κ2) is 6.28. The third-order valence-corrected chi connectivity index (χ3v) is 3.74. The minimum Gasteiger partial charge on any atom is -0.411 e. The molecule has 106 valence electrons. The van der Waals surface area contributed by atoms with Gasteiger partial charge in [0.1, 0.15) is 0 Å². The Kier molecular flexibility index (Phi) is 4.67. The summed E-state index contributed by atoms with van der Waals surface area (Å²) in [6, 6.07) is 7.12. The Morgan fingerprint density at radius 3 is 2.55 bits per heavy atom. The summed E-state index contributed by atoms with van der Waals surface area (Å²) in [7, 11) is 3.43. The van der Waals surface area contributed by atoms with Crippen LogP contribution in [0.1, 0.15) is 6.92 Å². The lowest BCUT2D eigenvalue weighted by molar-refractivity contribution is -0.127. The summed E-state index contributed by atoms with van der Waals surface area (Å²) in [4.78, 5) is 13.3. The zero-order chi connectivity index (χ0) is 14.7. The number of thioether (sulfide) groups is 1. The number of aromatic nitrogens is 2. The molecule has 0 aliphatic rings. The summed E-state index contributed by atoms with van der Waals surface area (Å²) in [5.41, 5.74) is 0.792. The molecule has 0 saturated heterocycles. The molecule has 7 heteroatoms. The molecule has 0 spiro atoms. The summed E-state index contributed by atoms with van der Waals surface area (Å²) in [5.74, 6) is 0.412. The number of nitrogens with zero attached hydrogens (tertiary/aromatic N) is 3. The second-order valence-electron chi connectivity index (χ2n) is 4.37. The fourth-order valence-electron chi connectivity index (χ4n) is 1.53. The average Bonchev–Trinajstić information content (AvgIpc) is 2.87. The third-order valence-electron chi connectivity index (χ3n) is 2.56. The Bertz CT molecular complexity index is 598. The zero-order valence-corrected chi connectivity index (χ0v) is 12.9. The van der Waals surface area contributed by atoms with Crippen LogP contribution in [0, 0.1) is 0 Å². The van der Waals surface area contributed by atoms with Crippen molar-refractivity contribution in [1.82, 2.24) is 15.1 Å². The predicted molar refractivity (Wildman–Crippen MR) is 78.8 cm³/mol. The van der Waals surface area contributed by atoms with Crippen molar-refractivity contribution < 1.29 is 9.21 Å². The standard InChI is InChI=1S/C13H14ClN3O2S/c1-8(12(18)17(2)3)20-13-16-15-11(19-13)9-4-6-10(14)7-5-9/h4-8H,1-3H3/t8-/m1/s1. The van der Waals surface area contributed by atoms with Gasteiger partial charge >= 0.3 is 0 Å². The lowest BCUT2D eigenvalue weighted by Gasteiger charge is -2.14. The highest BCUT2D eigenvalue weighted by Gasteiger charge is 2.19. The molecule has 0 aliphatic carbocycles. The van der Waals surface area contributed by atoms with Gasteiger partial charge in [-0.05, 0) is 31.2 Å². The van der Waals surface area contributed by atoms with Crippen LogP contribution in [0.15, 0.2) is 33.9 Å². The quantitative estimate of drug-likeness (QED) is 0.812. The van der Waals surface area contributed by atoms with Gasteiger partial charge < -0.3 is 9.32 Å². The molecule has 1 aromatic heterocycles. The maximum Gasteiger partial charge on any atom is 0.277 e. The van der Waals surface area contributed by atoms with Crippen molar-refractivity contribution in [2.75, 3.05) is 14.1 Å². The summed E-state index contributed by atoms with van der Waals surface area (Å²) >= 11 is 7.07. The van der Waals surface area contributed by atoms with Crippen LogP contribution in [0.5, 0.6) is 0 Å². The molecule has 1 aromatic carbocycles. The molecule has 0 radical (unpaired) electrons. The molecule has 1 amide bonds. The molecular weight excluding hydrogens is 298 g/mol. The smallest absolute Gasteiger partial charge is 0.277 e. The number of amides is 1. The number of halogens is 1. The molecule has 2 aromatic rings. The normalized spacial score (nSPS) is 12.2. The topological polar surface area (TPSA) is 59.2 Å². The molecule has 0 saturated carbocycles. The van der Waals surface area contributed by atoms with E-state index in [2.05, 4.69) is 10.2 Å². The predicted octanol–water partition coefficient (Wildman–Crippen LogP) is 2.96. The highest BCUT2D eigenvalue weighted by Crippen LogP contribution is 2.27. The number of benzene rings is 1. The minimum absolute atomic E-state index is 0.00115. The molecule has 0 fully saturated rings. The van der Waals surface area contributed by atoms with Crippen molar-refractivity contribution in [3.63, 3.8) is 0 Å². The van der Waals surface area contributed by atoms with E-state index in [1.54, 1.807) is 45.3 Å². The van der Waals surface area contributed by atoms with Gasteiger partial charge in [0.2, 0.25) is 11.8 Å². The summed E-state index contributed by atoms with van der Waals surface area (Å²) < 4.78 is 5.54. The van der Waals surface area contributed by atoms with E-state index >= 15 is 0 Å². The first-order chi connectivity index (χ1) is 9.47. The Morgan fingerprint density at radius 1 is 1.30 bits per heavy atom. The number of hydrogen-bond donors (Lipinski definition) is 0. The second-order valence-corrected chi connectivity index (χ2v) is 6.10. The van der Waals surface area contributed by atoms with Gasteiger partial charge in [0.15, 0.2) is 0 Å². The SMILES string of the molecule is C[C@@H](Sc1nnc(-c2ccc(Cl)cc2)o1)C(=O)N(C)C. The molecule has 0 N–H and O–H groups in total. The minimum atomic E-state index is -0.275. The van der Waals surface area contributed by atoms with Crippen LogP contribution >= 0.6 is 23.4 Å². The highest BCUT2D eigenvalue weighted by atomic mass is 35.5. The number of carbonyl (C=O) groups excluding carboxylic acids is 1. The van der Waals surface area contributed by atoms with E-state index in [1.165, 1.54) is 16.7 Å². The fourth-order valence-corrected chi connectivity index (χ4v) is 2.49. The molecule has 20 heavy (non-hydrogen) atoms. The number of hydrogen-bond acceptors (Lipinski definition) is 5. The lowest BCUT2D eigenvalue weighted by atomic mass is 10.2. The molecule has 0 aliphatic heterocycles. The van der Waals surface area contributed by atoms with Gasteiger partial charge in [0.25, 0.3) is 5.22 Å². The van der Waals surface area contributed by atoms with E-state index in [4.69, 9.17) is 16.0 Å². The van der Waals surface area contributed by atoms with Gasteiger partial charge in [0, 0.05) is 24.7 Å². The van der Waals surface area contributed by atoms with Gasteiger partial charge in [-0.1, -0.05) is 23.4 Å². The molecule has 0 unspecified atom stereocenters. The summed E-state index contributed by atoms with van der Waals surface area (Å²) in [6.45, 7) is 1.80. The van der Waals surface area contributed by atoms with Crippen LogP contribution in [-0.4, -0.2) is 40.3 Å². The van der Waals surface area contributed by atoms with Crippen molar-refractivity contribution in [1.29, 1.82) is 0 Å². The van der Waals surface area contributed by atoms with Crippen LogP contribution in [-0.2, 0) is 4.79 Å². The number of carbonyl (C=O) groups is 1. The van der Waals surface area contributed by atoms with Crippen LogP contribution in [0.4, 0.5) is 0 Å². The lowest BCUT2D eigenvalue weighted by Crippen LogP contribution is -2.29. The molecule has 0 bridgehead atoms. The maximum atomic E-state index is 11.8. The molecular formula is C13H14ClN3O2S. The largest absolute Gasteiger partial charge is 0.411 e. The van der Waals surface area contributed by atoms with Crippen LogP contribution < -0.4 is 0 Å². The highest BCUT2D eigenvalue weighted by molar-refractivity contribution is 8.00. The monoisotopic (exact) mass is 311 g/mol. The van der Waals surface area contributed by atoms with Crippen molar-refractivity contribution in [3.05, 3.63) is 29.3 Å². The maximum absolute atomic E-state index is 11.8. The molecule has 1 heterocycles. The van der Waals surface area contributed by atoms with E-state index < -0.39 is 0 Å². The van der Waals surface area contributed by atoms with Crippen LogP contribution in [0.3, 0.4) is 0 Å². The molecule has 2 rings (SSSR count). The van der Waals surface area contributed by atoms with Gasteiger partial charge in [-0.2, -0.15) is 0 Å². The van der Waals surface area contributed by atoms with Crippen LogP contribution in [0.2, 0.25) is 5.02 Å². The van der Waals surface area contributed by atoms with Crippen molar-refractivity contribution >= 4 is 29.3 Å². The first-order valence-corrected chi connectivity index (χ1v) is 7.20. The van der Waals surface area contributed by atoms with Crippen molar-refractivity contribution in [2.45, 2.75) is 17.4 Å². The van der Waals surface area contributed by atoms with Crippen molar-refractivity contribution in [3.8, 4) is 11.5 Å². The first kappa shape index (κ1) is 14.9. The van der Waals surface area contributed by atoms with E-state index in [1.807, 2.05) is 0 Å². The summed E-state index contributed by atoms with van der Waals surface area (Å²) in [6.07, 6.45) is 0. The number of rotatable bonds is 4. The molecule has 5 nitrogen and oxygen atoms in total. The van der Waals surface area contributed by atoms with Gasteiger partial charge in [-0.3, -0.25) is 4.79 Å². The van der Waals surface area contributed by atoms with E-state index in [0.717, 1.165) is 5.56 Å². The Morgan fingerprint density at radius 2 is 1.95 bits per heavy atom. The van der Waals surface area contributed by atoms with Gasteiger partial charge in [-0.15, -0.1) is 10.2 Å². The van der Waals surface area contributed by atoms with Gasteiger partial charge in [-0.25, -0.2) is 0 Å². The fraction of sp³-hybridized carbons (Fsp3) is 0.308. The Hall–Kier alpha value is -1.53. The summed E-state index contributed by atoms with van der Waals surface area (Å²) in [5, 5.41) is 8.65. The Balaban J connectivity index is 2.09. The van der Waals surface area contributed by atoms with Crippen molar-refractivity contribution in [2.24, 2.45) is 0 Å². The van der Waals surface area contributed by atoms with Crippen LogP contribution in [0.25, 0.3) is 11.5 Å². The van der Waals surface area contributed by atoms with E-state index in [-0.39, 0.29) is 11.2 Å².